The van der Waals surface area contributed by atoms with Crippen LogP contribution < -0.4 is 10.1 Å². The van der Waals surface area contributed by atoms with E-state index in [9.17, 15) is 9.59 Å². The van der Waals surface area contributed by atoms with Gasteiger partial charge in [0.15, 0.2) is 6.61 Å². The Kier molecular flexibility index (Phi) is 4.35. The van der Waals surface area contributed by atoms with Crippen molar-refractivity contribution in [1.82, 2.24) is 0 Å². The van der Waals surface area contributed by atoms with Crippen LogP contribution in [0.2, 0.25) is 0 Å². The van der Waals surface area contributed by atoms with Gasteiger partial charge in [0.2, 0.25) is 0 Å². The van der Waals surface area contributed by atoms with Crippen molar-refractivity contribution in [3.8, 4) is 5.75 Å². The Morgan fingerprint density at radius 3 is 2.52 bits per heavy atom. The lowest BCUT2D eigenvalue weighted by molar-refractivity contribution is -0.152. The first-order chi connectivity index (χ1) is 9.80. The van der Waals surface area contributed by atoms with E-state index in [1.807, 2.05) is 0 Å². The second kappa shape index (κ2) is 5.73. The van der Waals surface area contributed by atoms with Crippen LogP contribution in [0.15, 0.2) is 24.3 Å². The molecule has 21 heavy (non-hydrogen) atoms. The van der Waals surface area contributed by atoms with Gasteiger partial charge < -0.3 is 14.8 Å². The smallest absolute Gasteiger partial charge is 0.315 e. The highest BCUT2D eigenvalue weighted by Crippen LogP contribution is 2.64. The molecular formula is C14H15Cl2NO4. The Morgan fingerprint density at radius 2 is 1.95 bits per heavy atom. The van der Waals surface area contributed by atoms with Gasteiger partial charge >= 0.3 is 5.97 Å². The highest BCUT2D eigenvalue weighted by atomic mass is 35.5. The molecule has 7 heteroatoms. The van der Waals surface area contributed by atoms with E-state index in [0.29, 0.717) is 17.9 Å². The van der Waals surface area contributed by atoms with Gasteiger partial charge in [-0.3, -0.25) is 9.59 Å². The van der Waals surface area contributed by atoms with E-state index >= 15 is 0 Å². The molecular weight excluding hydrogens is 317 g/mol. The molecule has 0 bridgehead atoms. The van der Waals surface area contributed by atoms with E-state index in [-0.39, 0.29) is 0 Å². The molecule has 0 radical (unpaired) electrons. The zero-order valence-electron chi connectivity index (χ0n) is 11.6. The van der Waals surface area contributed by atoms with Crippen molar-refractivity contribution in [2.75, 3.05) is 19.0 Å². The molecule has 1 aromatic carbocycles. The third-order valence-electron chi connectivity index (χ3n) is 3.42. The molecule has 0 heterocycles. The van der Waals surface area contributed by atoms with Crippen LogP contribution >= 0.6 is 23.2 Å². The molecule has 2 rings (SSSR count). The minimum Gasteiger partial charge on any atom is -0.495 e. The number of amides is 1. The SMILES string of the molecule is COc1ccccc1NC(=O)COC(=O)C1(C)CC1(Cl)Cl. The van der Waals surface area contributed by atoms with E-state index in [1.54, 1.807) is 31.2 Å². The summed E-state index contributed by atoms with van der Waals surface area (Å²) < 4.78 is 8.95. The maximum Gasteiger partial charge on any atom is 0.315 e. The molecule has 1 aliphatic carbocycles. The summed E-state index contributed by atoms with van der Waals surface area (Å²) in [6.45, 7) is 1.20. The topological polar surface area (TPSA) is 64.6 Å². The average molecular weight is 332 g/mol. The molecule has 0 aromatic heterocycles. The molecule has 1 amide bonds. The van der Waals surface area contributed by atoms with E-state index in [1.165, 1.54) is 7.11 Å². The van der Waals surface area contributed by atoms with Gasteiger partial charge in [-0.25, -0.2) is 0 Å². The van der Waals surface area contributed by atoms with Gasteiger partial charge in [0.05, 0.1) is 12.8 Å². The van der Waals surface area contributed by atoms with Gasteiger partial charge in [-0.05, 0) is 19.1 Å². The summed E-state index contributed by atoms with van der Waals surface area (Å²) in [5.41, 5.74) is -0.441. The minimum absolute atomic E-state index is 0.316. The number of carbonyl (C=O) groups excluding carboxylic acids is 2. The molecule has 1 aliphatic rings. The number of nitrogens with one attached hydrogen (secondary N) is 1. The Hall–Kier alpha value is -1.46. The predicted octanol–water partition coefficient (Wildman–Crippen LogP) is 2.76. The quantitative estimate of drug-likeness (QED) is 0.665. The summed E-state index contributed by atoms with van der Waals surface area (Å²) in [6.07, 6.45) is 0.316. The summed E-state index contributed by atoms with van der Waals surface area (Å²) in [5.74, 6) is -0.526. The van der Waals surface area contributed by atoms with Crippen molar-refractivity contribution in [3.63, 3.8) is 0 Å². The Morgan fingerprint density at radius 1 is 1.33 bits per heavy atom. The molecule has 1 saturated carbocycles. The first-order valence-electron chi connectivity index (χ1n) is 6.28. The van der Waals surface area contributed by atoms with Crippen molar-refractivity contribution < 1.29 is 19.1 Å². The third-order valence-corrected chi connectivity index (χ3v) is 4.53. The number of halogens is 2. The first-order valence-corrected chi connectivity index (χ1v) is 7.04. The van der Waals surface area contributed by atoms with Gasteiger partial charge in [-0.15, -0.1) is 23.2 Å². The number of benzene rings is 1. The fraction of sp³-hybridized carbons (Fsp3) is 0.429. The van der Waals surface area contributed by atoms with Crippen LogP contribution in [0, 0.1) is 5.41 Å². The molecule has 1 aromatic rings. The standard InChI is InChI=1S/C14H15Cl2NO4/c1-13(8-14(13,15)16)12(19)21-7-11(18)17-9-5-3-4-6-10(9)20-2/h3-6H,7-8H2,1-2H3,(H,17,18). The highest BCUT2D eigenvalue weighted by Gasteiger charge is 2.69. The summed E-state index contributed by atoms with van der Waals surface area (Å²) in [7, 11) is 1.50. The number of alkyl halides is 2. The number of esters is 1. The fourth-order valence-electron chi connectivity index (χ4n) is 1.85. The Balaban J connectivity index is 1.87. The third kappa shape index (κ3) is 3.24. The number of rotatable bonds is 5. The second-order valence-corrected chi connectivity index (χ2v) is 6.52. The number of carbonyl (C=O) groups is 2. The summed E-state index contributed by atoms with van der Waals surface area (Å²) in [5, 5.41) is 2.60. The van der Waals surface area contributed by atoms with Crippen molar-refractivity contribution in [3.05, 3.63) is 24.3 Å². The number of anilines is 1. The van der Waals surface area contributed by atoms with Crippen molar-refractivity contribution >= 4 is 40.8 Å². The van der Waals surface area contributed by atoms with Crippen LogP contribution in [0.5, 0.6) is 5.75 Å². The van der Waals surface area contributed by atoms with Crippen LogP contribution in [0.1, 0.15) is 13.3 Å². The maximum atomic E-state index is 11.8. The summed E-state index contributed by atoms with van der Waals surface area (Å²) in [6, 6.07) is 6.93. The van der Waals surface area contributed by atoms with Crippen LogP contribution in [-0.2, 0) is 14.3 Å². The van der Waals surface area contributed by atoms with E-state index in [4.69, 9.17) is 32.7 Å². The number of para-hydroxylation sites is 2. The number of hydrogen-bond donors (Lipinski definition) is 1. The van der Waals surface area contributed by atoms with Gasteiger partial charge in [-0.2, -0.15) is 0 Å². The van der Waals surface area contributed by atoms with Crippen LogP contribution in [0.4, 0.5) is 5.69 Å². The second-order valence-electron chi connectivity index (χ2n) is 5.04. The molecule has 1 unspecified atom stereocenters. The van der Waals surface area contributed by atoms with Gasteiger partial charge in [0, 0.05) is 6.42 Å². The molecule has 0 spiro atoms. The van der Waals surface area contributed by atoms with E-state index < -0.39 is 28.2 Å². The average Bonchev–Trinajstić information content (AvgIpc) is 2.97. The lowest BCUT2D eigenvalue weighted by Gasteiger charge is -2.13. The van der Waals surface area contributed by atoms with E-state index in [2.05, 4.69) is 5.32 Å². The monoisotopic (exact) mass is 331 g/mol. The van der Waals surface area contributed by atoms with Gasteiger partial charge in [0.1, 0.15) is 15.5 Å². The van der Waals surface area contributed by atoms with Gasteiger partial charge in [0.25, 0.3) is 5.91 Å². The summed E-state index contributed by atoms with van der Waals surface area (Å²) in [4.78, 5) is 23.6. The largest absolute Gasteiger partial charge is 0.495 e. The first kappa shape index (κ1) is 15.9. The summed E-state index contributed by atoms with van der Waals surface area (Å²) >= 11 is 11.8. The Labute approximate surface area is 132 Å². The predicted molar refractivity (Wildman–Crippen MR) is 79.7 cm³/mol. The zero-order chi connectivity index (χ0) is 15.7. The van der Waals surface area contributed by atoms with Crippen molar-refractivity contribution in [2.24, 2.45) is 5.41 Å². The molecule has 1 N–H and O–H groups in total. The lowest BCUT2D eigenvalue weighted by Crippen LogP contribution is -2.26. The number of ether oxygens (including phenoxy) is 2. The number of methoxy groups -OCH3 is 1. The zero-order valence-corrected chi connectivity index (χ0v) is 13.1. The molecule has 5 nitrogen and oxygen atoms in total. The fourth-order valence-corrected chi connectivity index (χ4v) is 2.53. The number of hydrogen-bond acceptors (Lipinski definition) is 4. The normalized spacial score (nSPS) is 22.3. The highest BCUT2D eigenvalue weighted by molar-refractivity contribution is 6.53. The molecule has 114 valence electrons. The minimum atomic E-state index is -1.11. The van der Waals surface area contributed by atoms with Gasteiger partial charge in [-0.1, -0.05) is 12.1 Å². The molecule has 1 fully saturated rings. The molecule has 0 saturated heterocycles. The maximum absolute atomic E-state index is 11.8. The van der Waals surface area contributed by atoms with Crippen molar-refractivity contribution in [1.29, 1.82) is 0 Å². The Bertz CT molecular complexity index is 576. The van der Waals surface area contributed by atoms with Crippen molar-refractivity contribution in [2.45, 2.75) is 17.7 Å². The van der Waals surface area contributed by atoms with E-state index in [0.717, 1.165) is 0 Å². The lowest BCUT2D eigenvalue weighted by atomic mass is 10.1. The molecule has 0 aliphatic heterocycles. The van der Waals surface area contributed by atoms with Crippen LogP contribution in [-0.4, -0.2) is 29.9 Å². The molecule has 1 atom stereocenters. The van der Waals surface area contributed by atoms with Crippen LogP contribution in [0.3, 0.4) is 0 Å². The van der Waals surface area contributed by atoms with Crippen LogP contribution in [0.25, 0.3) is 0 Å².